The lowest BCUT2D eigenvalue weighted by Gasteiger charge is -2.05. The average Bonchev–Trinajstić information content (AvgIpc) is 2.20. The van der Waals surface area contributed by atoms with Gasteiger partial charge in [0.2, 0.25) is 0 Å². The first-order valence-corrected chi connectivity index (χ1v) is 4.43. The fourth-order valence-corrected chi connectivity index (χ4v) is 1.02. The molecule has 0 bridgehead atoms. The lowest BCUT2D eigenvalue weighted by atomic mass is 10.5. The molecule has 84 valence electrons. The van der Waals surface area contributed by atoms with Crippen LogP contribution in [0.5, 0.6) is 0 Å². The number of hydrogen-bond donors (Lipinski definition) is 3. The molecule has 1 heterocycles. The van der Waals surface area contributed by atoms with Crippen molar-refractivity contribution in [3.8, 4) is 0 Å². The molecule has 7 heteroatoms. The molecule has 0 saturated carbocycles. The van der Waals surface area contributed by atoms with Crippen molar-refractivity contribution in [1.82, 2.24) is 9.55 Å². The molecule has 1 aromatic heterocycles. The van der Waals surface area contributed by atoms with Crippen LogP contribution in [0.15, 0.2) is 15.8 Å². The molecule has 15 heavy (non-hydrogen) atoms. The first-order valence-electron chi connectivity index (χ1n) is 4.43. The number of rotatable bonds is 5. The van der Waals surface area contributed by atoms with Crippen molar-refractivity contribution in [3.63, 3.8) is 0 Å². The van der Waals surface area contributed by atoms with E-state index in [-0.39, 0.29) is 32.1 Å². The average molecular weight is 215 g/mol. The van der Waals surface area contributed by atoms with Crippen LogP contribution in [0.3, 0.4) is 0 Å². The molecule has 1 rings (SSSR count). The minimum Gasteiger partial charge on any atom is -0.394 e. The van der Waals surface area contributed by atoms with Gasteiger partial charge in [-0.25, -0.2) is 4.79 Å². The van der Waals surface area contributed by atoms with Crippen molar-refractivity contribution >= 4 is 5.69 Å². The molecule has 0 saturated heterocycles. The van der Waals surface area contributed by atoms with Crippen molar-refractivity contribution in [2.24, 2.45) is 0 Å². The molecule has 0 aliphatic carbocycles. The Bertz CT molecular complexity index is 423. The summed E-state index contributed by atoms with van der Waals surface area (Å²) in [6.45, 7) is 0.696. The van der Waals surface area contributed by atoms with E-state index in [9.17, 15) is 9.59 Å². The maximum Gasteiger partial charge on any atom is 0.328 e. The quantitative estimate of drug-likeness (QED) is 0.498. The second-order valence-corrected chi connectivity index (χ2v) is 2.87. The number of nitrogens with zero attached hydrogens (tertiary/aromatic N) is 1. The van der Waals surface area contributed by atoms with Gasteiger partial charge in [0.25, 0.3) is 5.56 Å². The standard InChI is InChI=1S/C8H13N3O4/c9-6-5-11(1-3-15-4-2-12)8(14)10-7(6)13/h5,12H,1-4,9H2,(H,10,13,14). The summed E-state index contributed by atoms with van der Waals surface area (Å²) < 4.78 is 6.21. The highest BCUT2D eigenvalue weighted by Gasteiger charge is 2.00. The van der Waals surface area contributed by atoms with E-state index < -0.39 is 11.2 Å². The molecule has 0 aliphatic heterocycles. The van der Waals surface area contributed by atoms with Gasteiger partial charge < -0.3 is 15.6 Å². The Balaban J connectivity index is 2.66. The SMILES string of the molecule is Nc1cn(CCOCCO)c(=O)[nH]c1=O. The predicted molar refractivity (Wildman–Crippen MR) is 53.6 cm³/mol. The molecule has 7 nitrogen and oxygen atoms in total. The van der Waals surface area contributed by atoms with Gasteiger partial charge in [0, 0.05) is 6.20 Å². The van der Waals surface area contributed by atoms with Crippen LogP contribution in [-0.4, -0.2) is 34.5 Å². The maximum absolute atomic E-state index is 11.2. The van der Waals surface area contributed by atoms with Gasteiger partial charge in [0.05, 0.1) is 26.4 Å². The van der Waals surface area contributed by atoms with Crippen molar-refractivity contribution in [1.29, 1.82) is 0 Å². The number of aromatic nitrogens is 2. The topological polar surface area (TPSA) is 110 Å². The van der Waals surface area contributed by atoms with Gasteiger partial charge in [-0.05, 0) is 0 Å². The van der Waals surface area contributed by atoms with E-state index in [0.717, 1.165) is 0 Å². The van der Waals surface area contributed by atoms with Crippen molar-refractivity contribution < 1.29 is 9.84 Å². The Morgan fingerprint density at radius 3 is 2.87 bits per heavy atom. The number of hydrogen-bond acceptors (Lipinski definition) is 5. The van der Waals surface area contributed by atoms with Crippen LogP contribution < -0.4 is 17.0 Å². The van der Waals surface area contributed by atoms with Crippen LogP contribution in [0.2, 0.25) is 0 Å². The van der Waals surface area contributed by atoms with Gasteiger partial charge in [0.1, 0.15) is 5.69 Å². The number of H-pyrrole nitrogens is 1. The third-order valence-corrected chi connectivity index (χ3v) is 1.75. The van der Waals surface area contributed by atoms with Gasteiger partial charge >= 0.3 is 5.69 Å². The fourth-order valence-electron chi connectivity index (χ4n) is 1.02. The Kier molecular flexibility index (Phi) is 4.07. The lowest BCUT2D eigenvalue weighted by molar-refractivity contribution is 0.0864. The number of aliphatic hydroxyl groups is 1. The number of anilines is 1. The monoisotopic (exact) mass is 215 g/mol. The largest absolute Gasteiger partial charge is 0.394 e. The Labute approximate surface area is 85.1 Å². The fraction of sp³-hybridized carbons (Fsp3) is 0.500. The van der Waals surface area contributed by atoms with Gasteiger partial charge in [-0.15, -0.1) is 0 Å². The molecule has 0 aliphatic rings. The van der Waals surface area contributed by atoms with Crippen molar-refractivity contribution in [3.05, 3.63) is 27.0 Å². The summed E-state index contributed by atoms with van der Waals surface area (Å²) in [7, 11) is 0. The first kappa shape index (κ1) is 11.5. The molecule has 0 aromatic carbocycles. The van der Waals surface area contributed by atoms with Crippen LogP contribution >= 0.6 is 0 Å². The van der Waals surface area contributed by atoms with Crippen LogP contribution in [0.1, 0.15) is 0 Å². The first-order chi connectivity index (χ1) is 7.15. The highest BCUT2D eigenvalue weighted by molar-refractivity contribution is 5.30. The molecule has 0 unspecified atom stereocenters. The van der Waals surface area contributed by atoms with Crippen molar-refractivity contribution in [2.45, 2.75) is 6.54 Å². The summed E-state index contributed by atoms with van der Waals surface area (Å²) in [5.74, 6) is 0. The van der Waals surface area contributed by atoms with Gasteiger partial charge in [0.15, 0.2) is 0 Å². The Hall–Kier alpha value is -1.60. The molecular weight excluding hydrogens is 202 g/mol. The van der Waals surface area contributed by atoms with Crippen LogP contribution in [-0.2, 0) is 11.3 Å². The lowest BCUT2D eigenvalue weighted by Crippen LogP contribution is -2.32. The molecule has 0 radical (unpaired) electrons. The van der Waals surface area contributed by atoms with E-state index in [1.165, 1.54) is 10.8 Å². The summed E-state index contributed by atoms with van der Waals surface area (Å²) in [6, 6.07) is 0. The summed E-state index contributed by atoms with van der Waals surface area (Å²) in [4.78, 5) is 24.2. The smallest absolute Gasteiger partial charge is 0.328 e. The molecule has 4 N–H and O–H groups in total. The van der Waals surface area contributed by atoms with E-state index in [2.05, 4.69) is 4.98 Å². The second kappa shape index (κ2) is 5.32. The third kappa shape index (κ3) is 3.22. The van der Waals surface area contributed by atoms with Gasteiger partial charge in [-0.1, -0.05) is 0 Å². The normalized spacial score (nSPS) is 10.5. The zero-order valence-electron chi connectivity index (χ0n) is 8.10. The van der Waals surface area contributed by atoms with E-state index >= 15 is 0 Å². The van der Waals surface area contributed by atoms with Crippen LogP contribution in [0, 0.1) is 0 Å². The summed E-state index contributed by atoms with van der Waals surface area (Å²) in [5.41, 5.74) is 4.20. The number of nitrogens with one attached hydrogen (secondary N) is 1. The van der Waals surface area contributed by atoms with Gasteiger partial charge in [-0.2, -0.15) is 0 Å². The van der Waals surface area contributed by atoms with Crippen LogP contribution in [0.25, 0.3) is 0 Å². The molecular formula is C8H13N3O4. The van der Waals surface area contributed by atoms with E-state index in [4.69, 9.17) is 15.6 Å². The Morgan fingerprint density at radius 2 is 2.20 bits per heavy atom. The second-order valence-electron chi connectivity index (χ2n) is 2.87. The number of aliphatic hydroxyl groups excluding tert-OH is 1. The highest BCUT2D eigenvalue weighted by Crippen LogP contribution is 1.87. The molecule has 0 atom stereocenters. The van der Waals surface area contributed by atoms with Crippen LogP contribution in [0.4, 0.5) is 5.69 Å². The highest BCUT2D eigenvalue weighted by atomic mass is 16.5. The Morgan fingerprint density at radius 1 is 1.47 bits per heavy atom. The summed E-state index contributed by atoms with van der Waals surface area (Å²) >= 11 is 0. The predicted octanol–water partition coefficient (Wildman–Crippen LogP) is -1.87. The zero-order chi connectivity index (χ0) is 11.3. The number of aromatic amines is 1. The summed E-state index contributed by atoms with van der Waals surface area (Å²) in [6.07, 6.45) is 1.27. The minimum atomic E-state index is -0.590. The molecule has 1 aromatic rings. The van der Waals surface area contributed by atoms with E-state index in [1.54, 1.807) is 0 Å². The van der Waals surface area contributed by atoms with E-state index in [1.807, 2.05) is 0 Å². The van der Waals surface area contributed by atoms with E-state index in [0.29, 0.717) is 0 Å². The molecule has 0 amide bonds. The summed E-state index contributed by atoms with van der Waals surface area (Å²) in [5, 5.41) is 8.44. The number of ether oxygens (including phenoxy) is 1. The number of nitrogen functional groups attached to an aromatic ring is 1. The van der Waals surface area contributed by atoms with Crippen molar-refractivity contribution in [2.75, 3.05) is 25.6 Å². The third-order valence-electron chi connectivity index (χ3n) is 1.75. The molecule has 0 spiro atoms. The number of nitrogens with two attached hydrogens (primary N) is 1. The minimum absolute atomic E-state index is 0.0169. The maximum atomic E-state index is 11.2. The zero-order valence-corrected chi connectivity index (χ0v) is 8.10. The van der Waals surface area contributed by atoms with Gasteiger partial charge in [-0.3, -0.25) is 14.3 Å². The molecule has 0 fully saturated rings.